The van der Waals surface area contributed by atoms with Crippen molar-refractivity contribution in [3.63, 3.8) is 0 Å². The van der Waals surface area contributed by atoms with Gasteiger partial charge in [0, 0.05) is 18.0 Å². The summed E-state index contributed by atoms with van der Waals surface area (Å²) in [6.07, 6.45) is 1.93. The molecule has 0 bridgehead atoms. The molecule has 0 aromatic heterocycles. The number of piperidine rings is 1. The Balaban J connectivity index is 1.83. The van der Waals surface area contributed by atoms with Crippen molar-refractivity contribution in [3.8, 4) is 0 Å². The highest BCUT2D eigenvalue weighted by molar-refractivity contribution is 5.79. The Morgan fingerprint density at radius 2 is 1.86 bits per heavy atom. The van der Waals surface area contributed by atoms with Gasteiger partial charge >= 0.3 is 0 Å². The number of carbonyl (C=O) groups is 1. The van der Waals surface area contributed by atoms with Gasteiger partial charge in [0.25, 0.3) is 0 Å². The fourth-order valence-electron chi connectivity index (χ4n) is 2.85. The Labute approximate surface area is 128 Å². The maximum atomic E-state index is 12.2. The first-order valence-corrected chi connectivity index (χ1v) is 7.94. The SMILES string of the molecule is Cc1ccccc1CN1CCC(C(=O)NC(C)(C)C)CC1. The van der Waals surface area contributed by atoms with Gasteiger partial charge in [-0.1, -0.05) is 24.3 Å². The molecule has 21 heavy (non-hydrogen) atoms. The first-order chi connectivity index (χ1) is 9.85. The number of amides is 1. The smallest absolute Gasteiger partial charge is 0.223 e. The van der Waals surface area contributed by atoms with Crippen LogP contribution in [0.5, 0.6) is 0 Å². The van der Waals surface area contributed by atoms with Crippen molar-refractivity contribution in [2.75, 3.05) is 13.1 Å². The van der Waals surface area contributed by atoms with Crippen molar-refractivity contribution in [2.45, 2.75) is 52.6 Å². The zero-order valence-corrected chi connectivity index (χ0v) is 13.8. The number of benzene rings is 1. The highest BCUT2D eigenvalue weighted by Gasteiger charge is 2.27. The number of rotatable bonds is 3. The molecule has 3 nitrogen and oxygen atoms in total. The van der Waals surface area contributed by atoms with Crippen molar-refractivity contribution in [2.24, 2.45) is 5.92 Å². The van der Waals surface area contributed by atoms with Crippen LogP contribution in [0.2, 0.25) is 0 Å². The lowest BCUT2D eigenvalue weighted by Gasteiger charge is -2.33. The highest BCUT2D eigenvalue weighted by Crippen LogP contribution is 2.21. The average Bonchev–Trinajstić information content (AvgIpc) is 2.40. The second-order valence-electron chi connectivity index (χ2n) is 7.22. The Hall–Kier alpha value is -1.35. The Bertz CT molecular complexity index is 482. The molecule has 1 amide bonds. The molecule has 0 unspecified atom stereocenters. The number of carbonyl (C=O) groups excluding carboxylic acids is 1. The van der Waals surface area contributed by atoms with Crippen molar-refractivity contribution in [1.82, 2.24) is 10.2 Å². The third kappa shape index (κ3) is 4.85. The summed E-state index contributed by atoms with van der Waals surface area (Å²) in [7, 11) is 0. The van der Waals surface area contributed by atoms with Gasteiger partial charge in [-0.05, 0) is 64.8 Å². The fraction of sp³-hybridized carbons (Fsp3) is 0.611. The molecule has 1 aliphatic heterocycles. The van der Waals surface area contributed by atoms with E-state index in [0.29, 0.717) is 0 Å². The topological polar surface area (TPSA) is 32.3 Å². The Kier molecular flexibility index (Phi) is 5.04. The molecular weight excluding hydrogens is 260 g/mol. The highest BCUT2D eigenvalue weighted by atomic mass is 16.2. The molecule has 0 saturated carbocycles. The van der Waals surface area contributed by atoms with Crippen LogP contribution in [0.1, 0.15) is 44.7 Å². The molecule has 1 saturated heterocycles. The number of nitrogens with zero attached hydrogens (tertiary/aromatic N) is 1. The molecule has 3 heteroatoms. The average molecular weight is 288 g/mol. The summed E-state index contributed by atoms with van der Waals surface area (Å²) in [5, 5.41) is 3.11. The molecule has 1 fully saturated rings. The molecule has 0 spiro atoms. The molecule has 1 aromatic carbocycles. The number of nitrogens with one attached hydrogen (secondary N) is 1. The normalized spacial score (nSPS) is 17.7. The first kappa shape index (κ1) is 16.0. The zero-order chi connectivity index (χ0) is 15.5. The van der Waals surface area contributed by atoms with E-state index in [4.69, 9.17) is 0 Å². The second-order valence-corrected chi connectivity index (χ2v) is 7.22. The van der Waals surface area contributed by atoms with Gasteiger partial charge in [-0.25, -0.2) is 0 Å². The molecule has 1 heterocycles. The maximum Gasteiger partial charge on any atom is 0.223 e. The van der Waals surface area contributed by atoms with Crippen molar-refractivity contribution in [1.29, 1.82) is 0 Å². The van der Waals surface area contributed by atoms with E-state index in [1.165, 1.54) is 11.1 Å². The van der Waals surface area contributed by atoms with Crippen LogP contribution in [0.25, 0.3) is 0 Å². The van der Waals surface area contributed by atoms with E-state index >= 15 is 0 Å². The van der Waals surface area contributed by atoms with Gasteiger partial charge < -0.3 is 5.32 Å². The van der Waals surface area contributed by atoms with Gasteiger partial charge in [0.1, 0.15) is 0 Å². The molecule has 0 radical (unpaired) electrons. The van der Waals surface area contributed by atoms with Crippen LogP contribution in [-0.2, 0) is 11.3 Å². The lowest BCUT2D eigenvalue weighted by atomic mass is 9.94. The lowest BCUT2D eigenvalue weighted by molar-refractivity contribution is -0.127. The van der Waals surface area contributed by atoms with Crippen molar-refractivity contribution in [3.05, 3.63) is 35.4 Å². The molecule has 0 atom stereocenters. The minimum absolute atomic E-state index is 0.130. The molecule has 116 valence electrons. The molecule has 1 aliphatic rings. The second kappa shape index (κ2) is 6.61. The van der Waals surface area contributed by atoms with Gasteiger partial charge in [-0.15, -0.1) is 0 Å². The van der Waals surface area contributed by atoms with E-state index in [-0.39, 0.29) is 17.4 Å². The van der Waals surface area contributed by atoms with E-state index in [1.807, 2.05) is 20.8 Å². The summed E-state index contributed by atoms with van der Waals surface area (Å²) < 4.78 is 0. The van der Waals surface area contributed by atoms with Crippen LogP contribution in [-0.4, -0.2) is 29.4 Å². The van der Waals surface area contributed by atoms with Crippen LogP contribution in [0.3, 0.4) is 0 Å². The van der Waals surface area contributed by atoms with Crippen LogP contribution in [0, 0.1) is 12.8 Å². The summed E-state index contributed by atoms with van der Waals surface area (Å²) in [4.78, 5) is 14.7. The molecule has 1 aromatic rings. The quantitative estimate of drug-likeness (QED) is 0.927. The molecule has 0 aliphatic carbocycles. The predicted molar refractivity (Wildman–Crippen MR) is 87.1 cm³/mol. The summed E-state index contributed by atoms with van der Waals surface area (Å²) in [5.74, 6) is 0.399. The van der Waals surface area contributed by atoms with E-state index in [1.54, 1.807) is 0 Å². The number of likely N-dealkylation sites (tertiary alicyclic amines) is 1. The van der Waals surface area contributed by atoms with Crippen molar-refractivity contribution < 1.29 is 4.79 Å². The standard InChI is InChI=1S/C18H28N2O/c1-14-7-5-6-8-16(14)13-20-11-9-15(10-12-20)17(21)19-18(2,3)4/h5-8,15H,9-13H2,1-4H3,(H,19,21). The van der Waals surface area contributed by atoms with Gasteiger partial charge in [-0.3, -0.25) is 9.69 Å². The number of hydrogen-bond acceptors (Lipinski definition) is 2. The van der Waals surface area contributed by atoms with E-state index in [0.717, 1.165) is 32.5 Å². The van der Waals surface area contributed by atoms with Crippen molar-refractivity contribution >= 4 is 5.91 Å². The van der Waals surface area contributed by atoms with Gasteiger partial charge in [0.05, 0.1) is 0 Å². The van der Waals surface area contributed by atoms with E-state index < -0.39 is 0 Å². The molecule has 1 N–H and O–H groups in total. The van der Waals surface area contributed by atoms with Gasteiger partial charge in [0.2, 0.25) is 5.91 Å². The lowest BCUT2D eigenvalue weighted by Crippen LogP contribution is -2.46. The third-order valence-electron chi connectivity index (χ3n) is 4.11. The van der Waals surface area contributed by atoms with E-state index in [2.05, 4.69) is 41.4 Å². The Morgan fingerprint density at radius 3 is 2.43 bits per heavy atom. The zero-order valence-electron chi connectivity index (χ0n) is 13.8. The fourth-order valence-corrected chi connectivity index (χ4v) is 2.85. The number of hydrogen-bond donors (Lipinski definition) is 1. The Morgan fingerprint density at radius 1 is 1.24 bits per heavy atom. The largest absolute Gasteiger partial charge is 0.351 e. The minimum atomic E-state index is -0.130. The van der Waals surface area contributed by atoms with Gasteiger partial charge in [0.15, 0.2) is 0 Å². The summed E-state index contributed by atoms with van der Waals surface area (Å²) in [5.41, 5.74) is 2.62. The number of aryl methyl sites for hydroxylation is 1. The van der Waals surface area contributed by atoms with Crippen LogP contribution in [0.4, 0.5) is 0 Å². The van der Waals surface area contributed by atoms with E-state index in [9.17, 15) is 4.79 Å². The summed E-state index contributed by atoms with van der Waals surface area (Å²) in [6, 6.07) is 8.56. The van der Waals surface area contributed by atoms with Crippen LogP contribution < -0.4 is 5.32 Å². The van der Waals surface area contributed by atoms with Gasteiger partial charge in [-0.2, -0.15) is 0 Å². The summed E-state index contributed by atoms with van der Waals surface area (Å²) in [6.45, 7) is 11.3. The predicted octanol–water partition coefficient (Wildman–Crippen LogP) is 3.12. The minimum Gasteiger partial charge on any atom is -0.351 e. The molecule has 2 rings (SSSR count). The monoisotopic (exact) mass is 288 g/mol. The van der Waals surface area contributed by atoms with Crippen LogP contribution in [0.15, 0.2) is 24.3 Å². The summed E-state index contributed by atoms with van der Waals surface area (Å²) >= 11 is 0. The van der Waals surface area contributed by atoms with Crippen LogP contribution >= 0.6 is 0 Å². The molecular formula is C18H28N2O. The first-order valence-electron chi connectivity index (χ1n) is 7.94. The maximum absolute atomic E-state index is 12.2. The third-order valence-corrected chi connectivity index (χ3v) is 4.11.